The van der Waals surface area contributed by atoms with Gasteiger partial charge in [-0.05, 0) is 43.4 Å². The topological polar surface area (TPSA) is 141 Å². The number of aromatic amines is 1. The molecule has 1 unspecified atom stereocenters. The summed E-state index contributed by atoms with van der Waals surface area (Å²) in [5.74, 6) is -0.697. The molecule has 1 amide bonds. The average molecular weight is 515 g/mol. The molecular weight excluding hydrogens is 488 g/mol. The van der Waals surface area contributed by atoms with E-state index in [1.165, 1.54) is 23.9 Å². The summed E-state index contributed by atoms with van der Waals surface area (Å²) < 4.78 is 7.84. The molecule has 1 aromatic carbocycles. The monoisotopic (exact) mass is 514 g/mol. The highest BCUT2D eigenvalue weighted by atomic mass is 16.5. The molecule has 11 nitrogen and oxygen atoms in total. The molecule has 0 spiro atoms. The molecule has 4 aromatic rings. The molecule has 11 heteroatoms. The summed E-state index contributed by atoms with van der Waals surface area (Å²) in [5, 5.41) is 2.69. The summed E-state index contributed by atoms with van der Waals surface area (Å²) in [4.78, 5) is 63.3. The second kappa shape index (κ2) is 9.40. The van der Waals surface area contributed by atoms with Crippen LogP contribution in [0.25, 0.3) is 22.6 Å². The first-order valence-electron chi connectivity index (χ1n) is 12.6. The largest absolute Gasteiger partial charge is 0.467 e. The summed E-state index contributed by atoms with van der Waals surface area (Å²) in [6, 6.07) is 11.6. The van der Waals surface area contributed by atoms with E-state index in [-0.39, 0.29) is 35.4 Å². The Balaban J connectivity index is 1.27. The van der Waals surface area contributed by atoms with E-state index in [1.807, 2.05) is 30.3 Å². The van der Waals surface area contributed by atoms with E-state index in [0.29, 0.717) is 22.6 Å². The number of pyridine rings is 1. The van der Waals surface area contributed by atoms with E-state index in [9.17, 15) is 19.2 Å². The fourth-order valence-electron chi connectivity index (χ4n) is 4.64. The van der Waals surface area contributed by atoms with Crippen molar-refractivity contribution in [1.29, 1.82) is 0 Å². The summed E-state index contributed by atoms with van der Waals surface area (Å²) >= 11 is 0. The predicted molar refractivity (Wildman–Crippen MR) is 138 cm³/mol. The normalized spacial score (nSPS) is 15.8. The number of ether oxygens (including phenoxy) is 1. The van der Waals surface area contributed by atoms with Crippen molar-refractivity contribution in [2.75, 3.05) is 7.11 Å². The molecule has 0 saturated heterocycles. The highest BCUT2D eigenvalue weighted by molar-refractivity contribution is 5.95. The molecular formula is C27H26N6O5. The minimum atomic E-state index is -0.875. The van der Waals surface area contributed by atoms with Gasteiger partial charge < -0.3 is 15.0 Å². The molecule has 0 radical (unpaired) electrons. The van der Waals surface area contributed by atoms with E-state index in [1.54, 1.807) is 10.6 Å². The van der Waals surface area contributed by atoms with Crippen molar-refractivity contribution in [3.8, 4) is 11.4 Å². The molecule has 2 aliphatic carbocycles. The number of imidazole rings is 1. The predicted octanol–water partition coefficient (Wildman–Crippen LogP) is 2.13. The summed E-state index contributed by atoms with van der Waals surface area (Å²) in [6.07, 6.45) is 5.14. The van der Waals surface area contributed by atoms with Gasteiger partial charge in [-0.15, -0.1) is 0 Å². The summed E-state index contributed by atoms with van der Waals surface area (Å²) in [5.41, 5.74) is 1.52. The molecule has 2 N–H and O–H groups in total. The van der Waals surface area contributed by atoms with E-state index in [0.717, 1.165) is 31.2 Å². The SMILES string of the molecule is COC(=O)C(Cc1ccccc1)NC(=O)c1ccc(-c2nc3c([nH]2)c(=O)n(C2CC2)c(=O)n3C2CC2)cn1. The van der Waals surface area contributed by atoms with Crippen LogP contribution in [0.1, 0.15) is 53.8 Å². The maximum absolute atomic E-state index is 13.1. The number of fused-ring (bicyclic) bond motifs is 1. The van der Waals surface area contributed by atoms with Crippen molar-refractivity contribution in [3.63, 3.8) is 0 Å². The first-order valence-corrected chi connectivity index (χ1v) is 12.6. The van der Waals surface area contributed by atoms with Gasteiger partial charge in [0.1, 0.15) is 23.1 Å². The lowest BCUT2D eigenvalue weighted by atomic mass is 10.1. The number of methoxy groups -OCH3 is 1. The number of benzene rings is 1. The fourth-order valence-corrected chi connectivity index (χ4v) is 4.64. The van der Waals surface area contributed by atoms with Crippen molar-refractivity contribution < 1.29 is 14.3 Å². The molecule has 0 aliphatic heterocycles. The zero-order valence-corrected chi connectivity index (χ0v) is 20.7. The standard InChI is InChI=1S/C27H26N6O5/c1-38-26(36)20(13-15-5-3-2-4-6-15)29-24(34)19-12-7-16(14-28-19)22-30-21-23(31-22)32(17-8-9-17)27(37)33(25(21)35)18-10-11-18/h2-7,12,14,17-18,20H,8-11,13H2,1H3,(H,29,34)(H,30,31). The Labute approximate surface area is 216 Å². The fraction of sp³-hybridized carbons (Fsp3) is 0.333. The number of H-pyrrole nitrogens is 1. The van der Waals surface area contributed by atoms with Gasteiger partial charge >= 0.3 is 11.7 Å². The van der Waals surface area contributed by atoms with Crippen molar-refractivity contribution in [2.45, 2.75) is 50.2 Å². The van der Waals surface area contributed by atoms with Gasteiger partial charge in [0.15, 0.2) is 5.65 Å². The summed E-state index contributed by atoms with van der Waals surface area (Å²) in [7, 11) is 1.27. The zero-order valence-electron chi connectivity index (χ0n) is 20.7. The maximum atomic E-state index is 13.1. The average Bonchev–Trinajstić information content (AvgIpc) is 3.87. The van der Waals surface area contributed by atoms with Crippen LogP contribution < -0.4 is 16.6 Å². The van der Waals surface area contributed by atoms with Gasteiger partial charge in [-0.2, -0.15) is 0 Å². The lowest BCUT2D eigenvalue weighted by molar-refractivity contribution is -0.142. The highest BCUT2D eigenvalue weighted by Crippen LogP contribution is 2.37. The lowest BCUT2D eigenvalue weighted by Crippen LogP contribution is -2.43. The van der Waals surface area contributed by atoms with Crippen molar-refractivity contribution in [2.24, 2.45) is 0 Å². The molecule has 6 rings (SSSR count). The van der Waals surface area contributed by atoms with Gasteiger partial charge in [0.25, 0.3) is 11.5 Å². The Hall–Kier alpha value is -4.54. The Kier molecular flexibility index (Phi) is 5.90. The van der Waals surface area contributed by atoms with Gasteiger partial charge in [0.05, 0.1) is 7.11 Å². The van der Waals surface area contributed by atoms with Crippen molar-refractivity contribution in [1.82, 2.24) is 29.4 Å². The number of amides is 1. The third-order valence-corrected chi connectivity index (χ3v) is 6.93. The Morgan fingerprint density at radius 1 is 1.05 bits per heavy atom. The first kappa shape index (κ1) is 23.8. The van der Waals surface area contributed by atoms with E-state index in [4.69, 9.17) is 4.74 Å². The van der Waals surface area contributed by atoms with E-state index >= 15 is 0 Å². The number of esters is 1. The second-order valence-electron chi connectivity index (χ2n) is 9.75. The lowest BCUT2D eigenvalue weighted by Gasteiger charge is -2.16. The molecule has 194 valence electrons. The number of nitrogens with zero attached hydrogens (tertiary/aromatic N) is 4. The minimum absolute atomic E-state index is 0.0497. The number of rotatable bonds is 8. The molecule has 3 aromatic heterocycles. The Bertz CT molecular complexity index is 1650. The quantitative estimate of drug-likeness (QED) is 0.343. The molecule has 2 fully saturated rings. The molecule has 0 bridgehead atoms. The molecule has 2 aliphatic rings. The van der Waals surface area contributed by atoms with Gasteiger partial charge in [0.2, 0.25) is 0 Å². The van der Waals surface area contributed by atoms with Crippen molar-refractivity contribution in [3.05, 3.63) is 80.8 Å². The van der Waals surface area contributed by atoms with Gasteiger partial charge in [0, 0.05) is 30.3 Å². The smallest absolute Gasteiger partial charge is 0.333 e. The van der Waals surface area contributed by atoms with Crippen LogP contribution >= 0.6 is 0 Å². The van der Waals surface area contributed by atoms with Gasteiger partial charge in [-0.1, -0.05) is 30.3 Å². The first-order chi connectivity index (χ1) is 18.4. The van der Waals surface area contributed by atoms with Crippen LogP contribution in [0.15, 0.2) is 58.3 Å². The van der Waals surface area contributed by atoms with Crippen LogP contribution in [0.5, 0.6) is 0 Å². The highest BCUT2D eigenvalue weighted by Gasteiger charge is 2.34. The number of hydrogen-bond acceptors (Lipinski definition) is 7. The minimum Gasteiger partial charge on any atom is -0.467 e. The Morgan fingerprint density at radius 2 is 1.76 bits per heavy atom. The van der Waals surface area contributed by atoms with Crippen LogP contribution in [0.2, 0.25) is 0 Å². The van der Waals surface area contributed by atoms with E-state index in [2.05, 4.69) is 20.3 Å². The zero-order chi connectivity index (χ0) is 26.4. The Morgan fingerprint density at radius 3 is 2.39 bits per heavy atom. The number of nitrogens with one attached hydrogen (secondary N) is 2. The van der Waals surface area contributed by atoms with Crippen LogP contribution in [-0.2, 0) is 16.0 Å². The van der Waals surface area contributed by atoms with Gasteiger partial charge in [-0.25, -0.2) is 14.6 Å². The van der Waals surface area contributed by atoms with Crippen LogP contribution in [0.4, 0.5) is 0 Å². The van der Waals surface area contributed by atoms with Gasteiger partial charge in [-0.3, -0.25) is 23.7 Å². The molecule has 38 heavy (non-hydrogen) atoms. The van der Waals surface area contributed by atoms with Crippen LogP contribution in [-0.4, -0.2) is 49.1 Å². The van der Waals surface area contributed by atoms with E-state index < -0.39 is 17.9 Å². The van der Waals surface area contributed by atoms with Crippen LogP contribution in [0, 0.1) is 0 Å². The number of hydrogen-bond donors (Lipinski definition) is 2. The number of aromatic nitrogens is 5. The molecule has 2 saturated carbocycles. The molecule has 3 heterocycles. The second-order valence-corrected chi connectivity index (χ2v) is 9.75. The van der Waals surface area contributed by atoms with Crippen LogP contribution in [0.3, 0.4) is 0 Å². The summed E-state index contributed by atoms with van der Waals surface area (Å²) in [6.45, 7) is 0. The van der Waals surface area contributed by atoms with Crippen molar-refractivity contribution >= 4 is 23.0 Å². The third kappa shape index (κ3) is 4.40. The third-order valence-electron chi connectivity index (χ3n) is 6.93. The number of carbonyl (C=O) groups is 2. The number of carbonyl (C=O) groups excluding carboxylic acids is 2. The maximum Gasteiger partial charge on any atom is 0.333 e. The molecule has 1 atom stereocenters.